The molecule has 0 aliphatic heterocycles. The van der Waals surface area contributed by atoms with Crippen molar-refractivity contribution >= 4 is 39.4 Å². The van der Waals surface area contributed by atoms with E-state index in [1.807, 2.05) is 29.8 Å². The van der Waals surface area contributed by atoms with Gasteiger partial charge in [-0.2, -0.15) is 0 Å². The lowest BCUT2D eigenvalue weighted by Gasteiger charge is -2.04. The van der Waals surface area contributed by atoms with Crippen LogP contribution in [0.1, 0.15) is 0 Å². The first-order valence-corrected chi connectivity index (χ1v) is 6.99. The molecule has 0 amide bonds. The van der Waals surface area contributed by atoms with Crippen molar-refractivity contribution in [2.45, 2.75) is 0 Å². The van der Waals surface area contributed by atoms with Gasteiger partial charge in [0.1, 0.15) is 11.5 Å². The molecule has 0 aliphatic rings. The molecule has 3 aromatic rings. The number of hydrogen-bond acceptors (Lipinski definition) is 3. The Balaban J connectivity index is 2.23. The van der Waals surface area contributed by atoms with Gasteiger partial charge in [-0.1, -0.05) is 11.6 Å². The van der Waals surface area contributed by atoms with Crippen molar-refractivity contribution in [1.29, 1.82) is 0 Å². The molecule has 0 saturated carbocycles. The number of nitrogens with zero attached hydrogens (tertiary/aromatic N) is 1. The van der Waals surface area contributed by atoms with Gasteiger partial charge >= 0.3 is 5.97 Å². The monoisotopic (exact) mass is 319 g/mol. The van der Waals surface area contributed by atoms with Crippen LogP contribution in [0.15, 0.2) is 30.3 Å². The number of carboxylic acids is 1. The van der Waals surface area contributed by atoms with Gasteiger partial charge in [-0.25, -0.2) is 4.79 Å². The van der Waals surface area contributed by atoms with E-state index in [0.29, 0.717) is 16.5 Å². The molecule has 1 aromatic heterocycles. The quantitative estimate of drug-likeness (QED) is 0.800. The minimum atomic E-state index is -1.01. The van der Waals surface area contributed by atoms with Crippen LogP contribution >= 0.6 is 11.6 Å². The second kappa shape index (κ2) is 5.42. The van der Waals surface area contributed by atoms with Crippen LogP contribution in [0.3, 0.4) is 0 Å². The van der Waals surface area contributed by atoms with E-state index in [9.17, 15) is 4.79 Å². The molecule has 1 N–H and O–H groups in total. The summed E-state index contributed by atoms with van der Waals surface area (Å²) in [6.07, 6.45) is 0. The van der Waals surface area contributed by atoms with Crippen molar-refractivity contribution in [3.63, 3.8) is 0 Å². The smallest absolute Gasteiger partial charge is 0.341 e. The molecule has 6 heteroatoms. The Kier molecular flexibility index (Phi) is 3.58. The van der Waals surface area contributed by atoms with Crippen molar-refractivity contribution in [3.05, 3.63) is 35.4 Å². The van der Waals surface area contributed by atoms with E-state index in [4.69, 9.17) is 26.2 Å². The lowest BCUT2D eigenvalue weighted by molar-refractivity contribution is -0.139. The molecular formula is C16H14ClNO4. The number of carbonyl (C=O) groups is 1. The van der Waals surface area contributed by atoms with Crippen LogP contribution < -0.4 is 9.47 Å². The normalized spacial score (nSPS) is 11.0. The summed E-state index contributed by atoms with van der Waals surface area (Å²) in [5, 5.41) is 11.3. The SMILES string of the molecule is COc1cc(Cl)cc2c1c1ccc(OCC(=O)O)cc1n2C. The number of aromatic nitrogens is 1. The largest absolute Gasteiger partial charge is 0.496 e. The van der Waals surface area contributed by atoms with Gasteiger partial charge in [0.25, 0.3) is 0 Å². The van der Waals surface area contributed by atoms with Crippen LogP contribution in [0.4, 0.5) is 0 Å². The molecule has 2 aromatic carbocycles. The summed E-state index contributed by atoms with van der Waals surface area (Å²) in [4.78, 5) is 10.6. The van der Waals surface area contributed by atoms with Gasteiger partial charge in [0.2, 0.25) is 0 Å². The molecule has 22 heavy (non-hydrogen) atoms. The molecule has 0 atom stereocenters. The summed E-state index contributed by atoms with van der Waals surface area (Å²) in [7, 11) is 3.52. The fourth-order valence-electron chi connectivity index (χ4n) is 2.63. The van der Waals surface area contributed by atoms with Crippen LogP contribution in [0.2, 0.25) is 5.02 Å². The maximum atomic E-state index is 10.6. The molecule has 0 unspecified atom stereocenters. The zero-order valence-electron chi connectivity index (χ0n) is 12.1. The Morgan fingerprint density at radius 2 is 2.05 bits per heavy atom. The predicted octanol–water partition coefficient (Wildman–Crippen LogP) is 3.46. The Morgan fingerprint density at radius 1 is 1.27 bits per heavy atom. The van der Waals surface area contributed by atoms with Crippen molar-refractivity contribution in [3.8, 4) is 11.5 Å². The zero-order valence-corrected chi connectivity index (χ0v) is 12.8. The number of rotatable bonds is 4. The second-order valence-electron chi connectivity index (χ2n) is 4.92. The average Bonchev–Trinajstić information content (AvgIpc) is 2.77. The van der Waals surface area contributed by atoms with Gasteiger partial charge in [0, 0.05) is 28.9 Å². The molecule has 1 heterocycles. The van der Waals surface area contributed by atoms with Crippen LogP contribution in [0, 0.1) is 0 Å². The zero-order chi connectivity index (χ0) is 15.9. The van der Waals surface area contributed by atoms with Gasteiger partial charge in [-0.3, -0.25) is 0 Å². The number of fused-ring (bicyclic) bond motifs is 3. The lowest BCUT2D eigenvalue weighted by Crippen LogP contribution is -2.09. The number of carboxylic acid groups (broad SMARTS) is 1. The summed E-state index contributed by atoms with van der Waals surface area (Å²) in [6.45, 7) is -0.370. The summed E-state index contributed by atoms with van der Waals surface area (Å²) < 4.78 is 12.6. The molecule has 5 nitrogen and oxygen atoms in total. The standard InChI is InChI=1S/C16H14ClNO4/c1-18-12-7-10(22-8-15(19)20)3-4-11(12)16-13(18)5-9(17)6-14(16)21-2/h3-7H,8H2,1-2H3,(H,19,20). The Bertz CT molecular complexity index is 885. The maximum absolute atomic E-state index is 10.6. The number of halogens is 1. The van der Waals surface area contributed by atoms with Gasteiger partial charge in [-0.15, -0.1) is 0 Å². The topological polar surface area (TPSA) is 60.7 Å². The minimum Gasteiger partial charge on any atom is -0.496 e. The number of methoxy groups -OCH3 is 1. The highest BCUT2D eigenvalue weighted by molar-refractivity contribution is 6.32. The summed E-state index contributed by atoms with van der Waals surface area (Å²) >= 11 is 6.13. The van der Waals surface area contributed by atoms with Gasteiger partial charge in [0.05, 0.1) is 18.1 Å². The number of ether oxygens (including phenoxy) is 2. The molecular weight excluding hydrogens is 306 g/mol. The van der Waals surface area contributed by atoms with E-state index in [1.54, 1.807) is 19.2 Å². The number of aliphatic carboxylic acids is 1. The third kappa shape index (κ3) is 2.33. The molecule has 3 rings (SSSR count). The van der Waals surface area contributed by atoms with Crippen LogP contribution in [0.5, 0.6) is 11.5 Å². The van der Waals surface area contributed by atoms with Gasteiger partial charge in [0.15, 0.2) is 6.61 Å². The van der Waals surface area contributed by atoms with Crippen LogP contribution in [0.25, 0.3) is 21.8 Å². The third-order valence-electron chi connectivity index (χ3n) is 3.59. The summed E-state index contributed by atoms with van der Waals surface area (Å²) in [6, 6.07) is 9.10. The molecule has 114 valence electrons. The van der Waals surface area contributed by atoms with Gasteiger partial charge in [-0.05, 0) is 24.3 Å². The molecule has 0 aliphatic carbocycles. The highest BCUT2D eigenvalue weighted by atomic mass is 35.5. The molecule has 0 saturated heterocycles. The van der Waals surface area contributed by atoms with Crippen molar-refractivity contribution < 1.29 is 19.4 Å². The first kappa shape index (κ1) is 14.5. The first-order chi connectivity index (χ1) is 10.5. The highest BCUT2D eigenvalue weighted by Gasteiger charge is 2.14. The Morgan fingerprint density at radius 3 is 2.73 bits per heavy atom. The third-order valence-corrected chi connectivity index (χ3v) is 3.81. The first-order valence-electron chi connectivity index (χ1n) is 6.61. The lowest BCUT2D eigenvalue weighted by atomic mass is 10.1. The van der Waals surface area contributed by atoms with E-state index < -0.39 is 5.97 Å². The number of benzene rings is 2. The maximum Gasteiger partial charge on any atom is 0.341 e. The van der Waals surface area contributed by atoms with E-state index in [-0.39, 0.29) is 6.61 Å². The summed E-state index contributed by atoms with van der Waals surface area (Å²) in [5.41, 5.74) is 1.85. The van der Waals surface area contributed by atoms with E-state index >= 15 is 0 Å². The highest BCUT2D eigenvalue weighted by Crippen LogP contribution is 2.38. The van der Waals surface area contributed by atoms with E-state index in [0.717, 1.165) is 21.8 Å². The van der Waals surface area contributed by atoms with Crippen molar-refractivity contribution in [2.24, 2.45) is 7.05 Å². The van der Waals surface area contributed by atoms with E-state index in [2.05, 4.69) is 0 Å². The molecule has 0 fully saturated rings. The second-order valence-corrected chi connectivity index (χ2v) is 5.36. The molecule has 0 spiro atoms. The fourth-order valence-corrected chi connectivity index (χ4v) is 2.83. The number of hydrogen-bond donors (Lipinski definition) is 1. The van der Waals surface area contributed by atoms with Crippen LogP contribution in [-0.2, 0) is 11.8 Å². The Labute approximate surface area is 131 Å². The number of aryl methyl sites for hydroxylation is 1. The molecule has 0 bridgehead atoms. The van der Waals surface area contributed by atoms with Crippen molar-refractivity contribution in [1.82, 2.24) is 4.57 Å². The molecule has 0 radical (unpaired) electrons. The van der Waals surface area contributed by atoms with E-state index in [1.165, 1.54) is 0 Å². The minimum absolute atomic E-state index is 0.370. The predicted molar refractivity (Wildman–Crippen MR) is 85.1 cm³/mol. The average molecular weight is 320 g/mol. The Hall–Kier alpha value is -2.40. The van der Waals surface area contributed by atoms with Crippen LogP contribution in [-0.4, -0.2) is 29.4 Å². The summed E-state index contributed by atoms with van der Waals surface area (Å²) in [5.74, 6) is 0.198. The van der Waals surface area contributed by atoms with Crippen molar-refractivity contribution in [2.75, 3.05) is 13.7 Å². The van der Waals surface area contributed by atoms with Gasteiger partial charge < -0.3 is 19.1 Å². The fraction of sp³-hybridized carbons (Fsp3) is 0.188.